The van der Waals surface area contributed by atoms with Crippen LogP contribution in [0.5, 0.6) is 0 Å². The van der Waals surface area contributed by atoms with E-state index in [2.05, 4.69) is 30.6 Å². The number of alkyl halides is 3. The van der Waals surface area contributed by atoms with E-state index in [0.29, 0.717) is 15.5 Å². The molecule has 4 heterocycles. The molecule has 0 radical (unpaired) electrons. The Balaban J connectivity index is 1.53. The van der Waals surface area contributed by atoms with Crippen molar-refractivity contribution in [2.24, 2.45) is 0 Å². The van der Waals surface area contributed by atoms with Gasteiger partial charge >= 0.3 is 6.18 Å². The second-order valence-corrected chi connectivity index (χ2v) is 7.38. The van der Waals surface area contributed by atoms with Crippen molar-refractivity contribution < 1.29 is 18.0 Å². The SMILES string of the molecule is O=C(Nc1cnc(-n2nccn2)c(Cl)c1)c1cnn(-c2nccc3ccccc23)c1C(F)(F)F. The summed E-state index contributed by atoms with van der Waals surface area (Å²) in [6.07, 6.45) is 1.41. The van der Waals surface area contributed by atoms with E-state index >= 15 is 0 Å². The first-order valence-electron chi connectivity index (χ1n) is 9.66. The third kappa shape index (κ3) is 3.83. The summed E-state index contributed by atoms with van der Waals surface area (Å²) in [4.78, 5) is 22.1. The molecule has 0 bridgehead atoms. The molecule has 1 aromatic carbocycles. The third-order valence-corrected chi connectivity index (χ3v) is 5.10. The van der Waals surface area contributed by atoms with Crippen molar-refractivity contribution in [3.05, 3.63) is 83.7 Å². The molecule has 0 aliphatic carbocycles. The lowest BCUT2D eigenvalue weighted by Gasteiger charge is -2.14. The van der Waals surface area contributed by atoms with Crippen LogP contribution in [0.1, 0.15) is 16.1 Å². The van der Waals surface area contributed by atoms with Gasteiger partial charge in [-0.05, 0) is 17.5 Å². The summed E-state index contributed by atoms with van der Waals surface area (Å²) in [7, 11) is 0. The molecule has 1 amide bonds. The molecule has 5 rings (SSSR count). The van der Waals surface area contributed by atoms with Crippen molar-refractivity contribution in [3.8, 4) is 11.6 Å². The zero-order valence-electron chi connectivity index (χ0n) is 16.9. The predicted octanol–water partition coefficient (Wildman–Crippen LogP) is 4.32. The van der Waals surface area contributed by atoms with Gasteiger partial charge in [-0.1, -0.05) is 35.9 Å². The fourth-order valence-corrected chi connectivity index (χ4v) is 3.63. The lowest BCUT2D eigenvalue weighted by atomic mass is 10.1. The number of anilines is 1. The Kier molecular flexibility index (Phi) is 5.21. The number of carbonyl (C=O) groups excluding carboxylic acids is 1. The van der Waals surface area contributed by atoms with Gasteiger partial charge in [-0.25, -0.2) is 14.6 Å². The Labute approximate surface area is 193 Å². The Hall–Kier alpha value is -4.32. The summed E-state index contributed by atoms with van der Waals surface area (Å²) in [5.41, 5.74) is -1.86. The lowest BCUT2D eigenvalue weighted by Crippen LogP contribution is -2.21. The maximum Gasteiger partial charge on any atom is 0.434 e. The average Bonchev–Trinajstić information content (AvgIpc) is 3.49. The summed E-state index contributed by atoms with van der Waals surface area (Å²) in [6.45, 7) is 0. The number of hydrogen-bond donors (Lipinski definition) is 1. The second-order valence-electron chi connectivity index (χ2n) is 6.97. The van der Waals surface area contributed by atoms with E-state index in [0.717, 1.165) is 11.0 Å². The van der Waals surface area contributed by atoms with Crippen molar-refractivity contribution in [1.82, 2.24) is 34.7 Å². The number of rotatable bonds is 4. The van der Waals surface area contributed by atoms with Crippen LogP contribution >= 0.6 is 11.6 Å². The van der Waals surface area contributed by atoms with E-state index < -0.39 is 23.3 Å². The minimum absolute atomic E-state index is 0.0507. The number of benzene rings is 1. The van der Waals surface area contributed by atoms with E-state index in [-0.39, 0.29) is 22.3 Å². The third-order valence-electron chi connectivity index (χ3n) is 4.82. The molecule has 0 aliphatic heterocycles. The van der Waals surface area contributed by atoms with Crippen LogP contribution in [-0.4, -0.2) is 40.6 Å². The van der Waals surface area contributed by atoms with Crippen molar-refractivity contribution >= 4 is 34.0 Å². The Morgan fingerprint density at radius 3 is 2.44 bits per heavy atom. The highest BCUT2D eigenvalue weighted by molar-refractivity contribution is 6.32. The molecule has 4 aromatic heterocycles. The highest BCUT2D eigenvalue weighted by Crippen LogP contribution is 2.35. The smallest absolute Gasteiger partial charge is 0.320 e. The predicted molar refractivity (Wildman–Crippen MR) is 116 cm³/mol. The first-order chi connectivity index (χ1) is 16.3. The summed E-state index contributed by atoms with van der Waals surface area (Å²) < 4.78 is 42.9. The monoisotopic (exact) mass is 484 g/mol. The fraction of sp³-hybridized carbons (Fsp3) is 0.0476. The quantitative estimate of drug-likeness (QED) is 0.407. The average molecular weight is 485 g/mol. The van der Waals surface area contributed by atoms with E-state index in [4.69, 9.17) is 11.6 Å². The molecule has 0 fully saturated rings. The van der Waals surface area contributed by atoms with Gasteiger partial charge in [-0.3, -0.25) is 4.79 Å². The van der Waals surface area contributed by atoms with Gasteiger partial charge in [-0.15, -0.1) is 4.80 Å². The number of nitrogens with zero attached hydrogens (tertiary/aromatic N) is 7. The Morgan fingerprint density at radius 1 is 0.941 bits per heavy atom. The highest BCUT2D eigenvalue weighted by atomic mass is 35.5. The Morgan fingerprint density at radius 2 is 1.71 bits per heavy atom. The maximum atomic E-state index is 14.1. The summed E-state index contributed by atoms with van der Waals surface area (Å²) in [5.74, 6) is -0.901. The number of halogens is 4. The largest absolute Gasteiger partial charge is 0.434 e. The summed E-state index contributed by atoms with van der Waals surface area (Å²) in [5, 5.41) is 15.2. The normalized spacial score (nSPS) is 11.6. The maximum absolute atomic E-state index is 14.1. The van der Waals surface area contributed by atoms with Gasteiger partial charge in [0.15, 0.2) is 17.3 Å². The van der Waals surface area contributed by atoms with Crippen LogP contribution in [0.3, 0.4) is 0 Å². The molecule has 34 heavy (non-hydrogen) atoms. The van der Waals surface area contributed by atoms with Crippen LogP contribution < -0.4 is 5.32 Å². The molecule has 1 N–H and O–H groups in total. The fourth-order valence-electron chi connectivity index (χ4n) is 3.39. The molecule has 5 aromatic rings. The van der Waals surface area contributed by atoms with Crippen LogP contribution in [0.4, 0.5) is 18.9 Å². The molecule has 13 heteroatoms. The van der Waals surface area contributed by atoms with Gasteiger partial charge in [0.1, 0.15) is 0 Å². The first kappa shape index (κ1) is 21.5. The first-order valence-corrected chi connectivity index (χ1v) is 10.0. The van der Waals surface area contributed by atoms with E-state index in [1.165, 1.54) is 30.9 Å². The zero-order valence-corrected chi connectivity index (χ0v) is 17.7. The lowest BCUT2D eigenvalue weighted by molar-refractivity contribution is -0.143. The van der Waals surface area contributed by atoms with Gasteiger partial charge in [0.2, 0.25) is 0 Å². The van der Waals surface area contributed by atoms with Crippen molar-refractivity contribution in [2.75, 3.05) is 5.32 Å². The highest BCUT2D eigenvalue weighted by Gasteiger charge is 2.41. The number of carbonyl (C=O) groups is 1. The number of fused-ring (bicyclic) bond motifs is 1. The summed E-state index contributed by atoms with van der Waals surface area (Å²) in [6, 6.07) is 9.80. The number of amides is 1. The molecule has 170 valence electrons. The van der Waals surface area contributed by atoms with Gasteiger partial charge in [0.25, 0.3) is 5.91 Å². The number of pyridine rings is 2. The standard InChI is InChI=1S/C21H12ClF3N8O/c22-16-9-13(10-27-19(16)33-28-7-8-29-33)31-20(34)15-11-30-32(17(15)21(23,24)25)18-14-4-2-1-3-12(14)5-6-26-18/h1-11H,(H,31,34). The van der Waals surface area contributed by atoms with E-state index in [1.54, 1.807) is 30.3 Å². The second kappa shape index (κ2) is 8.23. The molecule has 0 saturated heterocycles. The molecular weight excluding hydrogens is 473 g/mol. The molecule has 0 saturated carbocycles. The number of aromatic nitrogens is 7. The minimum Gasteiger partial charge on any atom is -0.320 e. The molecule has 0 unspecified atom stereocenters. The van der Waals surface area contributed by atoms with Crippen LogP contribution in [0.2, 0.25) is 5.02 Å². The van der Waals surface area contributed by atoms with E-state index in [1.807, 2.05) is 0 Å². The van der Waals surface area contributed by atoms with Crippen molar-refractivity contribution in [2.45, 2.75) is 6.18 Å². The zero-order chi connectivity index (χ0) is 23.9. The molecule has 0 atom stereocenters. The number of nitrogens with one attached hydrogen (secondary N) is 1. The van der Waals surface area contributed by atoms with Gasteiger partial charge in [0.05, 0.1) is 41.1 Å². The van der Waals surface area contributed by atoms with Crippen LogP contribution in [-0.2, 0) is 6.18 Å². The minimum atomic E-state index is -4.90. The van der Waals surface area contributed by atoms with Crippen LogP contribution in [0.15, 0.2) is 67.4 Å². The van der Waals surface area contributed by atoms with Crippen LogP contribution in [0.25, 0.3) is 22.4 Å². The van der Waals surface area contributed by atoms with Gasteiger partial charge < -0.3 is 5.32 Å². The topological polar surface area (TPSA) is 103 Å². The van der Waals surface area contributed by atoms with Gasteiger partial charge in [0, 0.05) is 11.6 Å². The van der Waals surface area contributed by atoms with Crippen molar-refractivity contribution in [3.63, 3.8) is 0 Å². The molecule has 0 aliphatic rings. The number of hydrogen-bond acceptors (Lipinski definition) is 6. The molecular formula is C21H12ClF3N8O. The molecule has 0 spiro atoms. The van der Waals surface area contributed by atoms with Crippen molar-refractivity contribution in [1.29, 1.82) is 0 Å². The van der Waals surface area contributed by atoms with E-state index in [9.17, 15) is 18.0 Å². The van der Waals surface area contributed by atoms with Gasteiger partial charge in [-0.2, -0.15) is 28.5 Å². The Bertz CT molecular complexity index is 1510. The molecule has 9 nitrogen and oxygen atoms in total. The summed E-state index contributed by atoms with van der Waals surface area (Å²) >= 11 is 6.17. The van der Waals surface area contributed by atoms with Crippen LogP contribution in [0, 0.1) is 0 Å².